The predicted octanol–water partition coefficient (Wildman–Crippen LogP) is 4.69. The third-order valence-electron chi connectivity index (χ3n) is 4.97. The first-order chi connectivity index (χ1) is 15.2. The molecule has 158 valence electrons. The van der Waals surface area contributed by atoms with E-state index < -0.39 is 0 Å². The maximum absolute atomic E-state index is 12.2. The van der Waals surface area contributed by atoms with Crippen LogP contribution >= 0.6 is 11.3 Å². The van der Waals surface area contributed by atoms with Crippen LogP contribution in [-0.4, -0.2) is 23.0 Å². The van der Waals surface area contributed by atoms with E-state index in [-0.39, 0.29) is 5.97 Å². The molecule has 0 aliphatic rings. The highest BCUT2D eigenvalue weighted by molar-refractivity contribution is 7.20. The molecule has 2 aromatic carbocycles. The molecule has 0 aliphatic carbocycles. The summed E-state index contributed by atoms with van der Waals surface area (Å²) in [4.78, 5) is 23.0. The first-order valence-corrected chi connectivity index (χ1v) is 10.9. The van der Waals surface area contributed by atoms with E-state index in [4.69, 9.17) is 14.7 Å². The minimum absolute atomic E-state index is 0.349. The molecule has 0 unspecified atom stereocenters. The van der Waals surface area contributed by atoms with Crippen LogP contribution in [-0.2, 0) is 24.4 Å². The average Bonchev–Trinajstić information content (AvgIpc) is 3.15. The summed E-state index contributed by atoms with van der Waals surface area (Å²) >= 11 is 1.34. The molecule has 4 aromatic rings. The van der Waals surface area contributed by atoms with Crippen LogP contribution in [0.25, 0.3) is 10.2 Å². The minimum atomic E-state index is -0.349. The van der Waals surface area contributed by atoms with Crippen molar-refractivity contribution in [1.29, 1.82) is 0 Å². The average molecular weight is 433 g/mol. The molecule has 0 saturated heterocycles. The Hall–Kier alpha value is -3.29. The number of ether oxygens (including phenoxy) is 1. The topological polar surface area (TPSA) is 76.1 Å². The molecule has 0 atom stereocenters. The summed E-state index contributed by atoms with van der Waals surface area (Å²) in [6.45, 7) is 3.80. The number of rotatable bonds is 8. The molecule has 6 nitrogen and oxygen atoms in total. The maximum Gasteiger partial charge on any atom is 0.348 e. The number of carbonyl (C=O) groups is 1. The zero-order valence-corrected chi connectivity index (χ0v) is 18.3. The Morgan fingerprint density at radius 1 is 0.935 bits per heavy atom. The van der Waals surface area contributed by atoms with Crippen LogP contribution in [0.15, 0.2) is 60.7 Å². The molecule has 2 aromatic heterocycles. The molecule has 0 bridgehead atoms. The van der Waals surface area contributed by atoms with Gasteiger partial charge in [0.1, 0.15) is 21.3 Å². The Bertz CT molecular complexity index is 1180. The number of aryl methyl sites for hydroxylation is 1. The monoisotopic (exact) mass is 432 g/mol. The first kappa shape index (κ1) is 21.0. The van der Waals surface area contributed by atoms with Crippen molar-refractivity contribution in [2.45, 2.75) is 26.6 Å². The number of nitrogens with zero attached hydrogens (tertiary/aromatic N) is 2. The molecule has 0 saturated carbocycles. The molecular weight excluding hydrogens is 408 g/mol. The van der Waals surface area contributed by atoms with E-state index >= 15 is 0 Å². The van der Waals surface area contributed by atoms with Crippen molar-refractivity contribution in [3.8, 4) is 0 Å². The predicted molar refractivity (Wildman–Crippen MR) is 124 cm³/mol. The Morgan fingerprint density at radius 2 is 1.58 bits per heavy atom. The van der Waals surface area contributed by atoms with E-state index in [1.54, 1.807) is 0 Å². The first-order valence-electron chi connectivity index (χ1n) is 10.1. The van der Waals surface area contributed by atoms with E-state index in [9.17, 15) is 4.79 Å². The summed E-state index contributed by atoms with van der Waals surface area (Å²) in [6, 6.07) is 20.3. The van der Waals surface area contributed by atoms with Crippen molar-refractivity contribution >= 4 is 33.3 Å². The van der Waals surface area contributed by atoms with E-state index in [1.807, 2.05) is 43.3 Å². The van der Waals surface area contributed by atoms with Gasteiger partial charge in [0.05, 0.1) is 19.0 Å². The summed E-state index contributed by atoms with van der Waals surface area (Å²) < 4.78 is 4.95. The van der Waals surface area contributed by atoms with Crippen LogP contribution in [0.5, 0.6) is 0 Å². The van der Waals surface area contributed by atoms with Crippen LogP contribution in [0, 0.1) is 6.92 Å². The largest absolute Gasteiger partial charge is 0.465 e. The highest BCUT2D eigenvalue weighted by atomic mass is 32.1. The Labute approximate surface area is 185 Å². The molecule has 0 radical (unpaired) electrons. The highest BCUT2D eigenvalue weighted by Gasteiger charge is 2.21. The third kappa shape index (κ3) is 4.90. The van der Waals surface area contributed by atoms with Gasteiger partial charge in [-0.05, 0) is 23.6 Å². The fourth-order valence-corrected chi connectivity index (χ4v) is 4.49. The summed E-state index contributed by atoms with van der Waals surface area (Å²) in [7, 11) is 1.39. The van der Waals surface area contributed by atoms with Gasteiger partial charge in [0.25, 0.3) is 0 Å². The molecular formula is C24H24N4O2S. The van der Waals surface area contributed by atoms with Crippen molar-refractivity contribution < 1.29 is 9.53 Å². The minimum Gasteiger partial charge on any atom is -0.465 e. The summed E-state index contributed by atoms with van der Waals surface area (Å²) in [5.74, 6) is 1.06. The number of hydrogen-bond donors (Lipinski definition) is 2. The molecule has 2 N–H and O–H groups in total. The molecule has 0 spiro atoms. The number of benzene rings is 2. The number of fused-ring (bicyclic) bond motifs is 1. The number of aromatic nitrogens is 2. The van der Waals surface area contributed by atoms with Gasteiger partial charge < -0.3 is 15.4 Å². The molecule has 4 rings (SSSR count). The number of methoxy groups -OCH3 is 1. The van der Waals surface area contributed by atoms with Gasteiger partial charge in [0, 0.05) is 13.1 Å². The number of esters is 1. The molecule has 0 aliphatic heterocycles. The highest BCUT2D eigenvalue weighted by Crippen LogP contribution is 2.34. The van der Waals surface area contributed by atoms with Crippen LogP contribution in [0.4, 0.5) is 5.82 Å². The van der Waals surface area contributed by atoms with Crippen molar-refractivity contribution in [2.24, 2.45) is 0 Å². The van der Waals surface area contributed by atoms with Gasteiger partial charge >= 0.3 is 5.97 Å². The van der Waals surface area contributed by atoms with Crippen LogP contribution < -0.4 is 10.6 Å². The number of anilines is 1. The van der Waals surface area contributed by atoms with Crippen molar-refractivity contribution in [1.82, 2.24) is 15.3 Å². The quantitative estimate of drug-likeness (QED) is 0.394. The van der Waals surface area contributed by atoms with Crippen LogP contribution in [0.1, 0.15) is 32.2 Å². The summed E-state index contributed by atoms with van der Waals surface area (Å²) in [5.41, 5.74) is 3.19. The third-order valence-corrected chi connectivity index (χ3v) is 6.13. The lowest BCUT2D eigenvalue weighted by atomic mass is 10.2. The standard InChI is InChI=1S/C24H24N4O2S/c1-16-20-22(26-14-18-11-7-4-8-12-18)27-19(15-25-13-17-9-5-3-6-10-17)28-23(20)31-21(16)24(29)30-2/h3-12,25H,13-15H2,1-2H3,(H,26,27,28). The smallest absolute Gasteiger partial charge is 0.348 e. The lowest BCUT2D eigenvalue weighted by Crippen LogP contribution is -2.15. The summed E-state index contributed by atoms with van der Waals surface area (Å²) in [6.07, 6.45) is 0. The second-order valence-electron chi connectivity index (χ2n) is 7.14. The maximum atomic E-state index is 12.2. The van der Waals surface area contributed by atoms with Crippen molar-refractivity contribution in [3.63, 3.8) is 0 Å². The lowest BCUT2D eigenvalue weighted by Gasteiger charge is -2.11. The Kier molecular flexibility index (Phi) is 6.54. The lowest BCUT2D eigenvalue weighted by molar-refractivity contribution is 0.0605. The van der Waals surface area contributed by atoms with Gasteiger partial charge in [-0.3, -0.25) is 0 Å². The van der Waals surface area contributed by atoms with Gasteiger partial charge in [0.2, 0.25) is 0 Å². The van der Waals surface area contributed by atoms with E-state index in [0.29, 0.717) is 23.8 Å². The zero-order valence-electron chi connectivity index (χ0n) is 17.5. The van der Waals surface area contributed by atoms with Crippen LogP contribution in [0.3, 0.4) is 0 Å². The Morgan fingerprint density at radius 3 is 2.23 bits per heavy atom. The molecule has 7 heteroatoms. The van der Waals surface area contributed by atoms with Crippen molar-refractivity contribution in [3.05, 3.63) is 88.1 Å². The van der Waals surface area contributed by atoms with E-state index in [0.717, 1.165) is 33.7 Å². The van der Waals surface area contributed by atoms with Gasteiger partial charge in [0.15, 0.2) is 0 Å². The molecule has 31 heavy (non-hydrogen) atoms. The fraction of sp³-hybridized carbons (Fsp3) is 0.208. The van der Waals surface area contributed by atoms with E-state index in [2.05, 4.69) is 34.9 Å². The van der Waals surface area contributed by atoms with Crippen LogP contribution in [0.2, 0.25) is 0 Å². The summed E-state index contributed by atoms with van der Waals surface area (Å²) in [5, 5.41) is 7.71. The fourth-order valence-electron chi connectivity index (χ4n) is 3.37. The molecule has 2 heterocycles. The zero-order chi connectivity index (χ0) is 21.6. The number of thiophene rings is 1. The number of nitrogens with one attached hydrogen (secondary N) is 2. The van der Waals surface area contributed by atoms with Gasteiger partial charge in [-0.15, -0.1) is 11.3 Å². The van der Waals surface area contributed by atoms with Crippen molar-refractivity contribution in [2.75, 3.05) is 12.4 Å². The number of hydrogen-bond acceptors (Lipinski definition) is 7. The Balaban J connectivity index is 1.62. The second-order valence-corrected chi connectivity index (χ2v) is 8.14. The van der Waals surface area contributed by atoms with Gasteiger partial charge in [-0.1, -0.05) is 60.7 Å². The molecule has 0 amide bonds. The van der Waals surface area contributed by atoms with Gasteiger partial charge in [-0.2, -0.15) is 0 Å². The SMILES string of the molecule is COC(=O)c1sc2nc(CNCc3ccccc3)nc(NCc3ccccc3)c2c1C. The van der Waals surface area contributed by atoms with E-state index in [1.165, 1.54) is 24.0 Å². The molecule has 0 fully saturated rings. The van der Waals surface area contributed by atoms with Gasteiger partial charge in [-0.25, -0.2) is 14.8 Å². The normalized spacial score (nSPS) is 10.9. The second kappa shape index (κ2) is 9.68. The number of carbonyl (C=O) groups excluding carboxylic acids is 1.